The van der Waals surface area contributed by atoms with E-state index in [1.807, 2.05) is 0 Å². The Bertz CT molecular complexity index is 435. The van der Waals surface area contributed by atoms with Gasteiger partial charge >= 0.3 is 13.8 Å². The highest BCUT2D eigenvalue weighted by atomic mass is 31.2. The van der Waals surface area contributed by atoms with Crippen LogP contribution in [0.5, 0.6) is 0 Å². The number of carbonyl (C=O) groups excluding carboxylic acids is 1. The summed E-state index contributed by atoms with van der Waals surface area (Å²) in [4.78, 5) is 32.1. The smallest absolute Gasteiger partial charge is 0.301 e. The van der Waals surface area contributed by atoms with Gasteiger partial charge in [0, 0.05) is 0 Å². The van der Waals surface area contributed by atoms with E-state index in [-0.39, 0.29) is 5.56 Å². The molecule has 0 bridgehead atoms. The first-order valence-corrected chi connectivity index (χ1v) is 7.00. The van der Waals surface area contributed by atoms with Gasteiger partial charge in [-0.05, 0) is 30.5 Å². The van der Waals surface area contributed by atoms with Gasteiger partial charge in [0.1, 0.15) is 0 Å². The lowest BCUT2D eigenvalue weighted by molar-refractivity contribution is -0.166. The highest BCUT2D eigenvalue weighted by Gasteiger charge is 2.19. The van der Waals surface area contributed by atoms with Crippen molar-refractivity contribution in [2.45, 2.75) is 26.2 Å². The largest absolute Gasteiger partial charge is 0.505 e. The summed E-state index contributed by atoms with van der Waals surface area (Å²) in [6.07, 6.45) is 3.07. The number of rotatable bonds is 6. The summed E-state index contributed by atoms with van der Waals surface area (Å²) in [5, 5.41) is 0. The summed E-state index contributed by atoms with van der Waals surface area (Å²) >= 11 is 0. The molecule has 0 radical (unpaired) electrons. The van der Waals surface area contributed by atoms with Crippen molar-refractivity contribution in [3.8, 4) is 0 Å². The molecule has 0 spiro atoms. The van der Waals surface area contributed by atoms with Crippen LogP contribution >= 0.6 is 7.82 Å². The van der Waals surface area contributed by atoms with E-state index in [4.69, 9.17) is 9.79 Å². The summed E-state index contributed by atoms with van der Waals surface area (Å²) in [5.41, 5.74) is 1.26. The van der Waals surface area contributed by atoms with Crippen molar-refractivity contribution >= 4 is 13.8 Å². The summed E-state index contributed by atoms with van der Waals surface area (Å²) in [6.45, 7) is 2.09. The molecule has 0 aliphatic heterocycles. The molecule has 7 heteroatoms. The molecule has 18 heavy (non-hydrogen) atoms. The topological polar surface area (TPSA) is 93.1 Å². The molecule has 1 aromatic carbocycles. The third kappa shape index (κ3) is 5.42. The van der Waals surface area contributed by atoms with Gasteiger partial charge in [-0.3, -0.25) is 4.89 Å². The first-order chi connectivity index (χ1) is 8.42. The zero-order valence-corrected chi connectivity index (χ0v) is 10.8. The van der Waals surface area contributed by atoms with Crippen molar-refractivity contribution < 1.29 is 28.7 Å². The maximum Gasteiger partial charge on any atom is 0.505 e. The van der Waals surface area contributed by atoms with Crippen molar-refractivity contribution in [3.05, 3.63) is 35.4 Å². The molecule has 6 nitrogen and oxygen atoms in total. The second-order valence-corrected chi connectivity index (χ2v) is 4.87. The Balaban J connectivity index is 2.56. The molecular formula is C11H15O6P. The van der Waals surface area contributed by atoms with Crippen LogP contribution in [0.2, 0.25) is 0 Å². The highest BCUT2D eigenvalue weighted by Crippen LogP contribution is 2.36. The molecule has 0 saturated heterocycles. The summed E-state index contributed by atoms with van der Waals surface area (Å²) in [5.74, 6) is -0.944. The van der Waals surface area contributed by atoms with Gasteiger partial charge in [0.15, 0.2) is 0 Å². The van der Waals surface area contributed by atoms with Crippen LogP contribution in [0.3, 0.4) is 0 Å². The van der Waals surface area contributed by atoms with E-state index in [1.54, 1.807) is 12.1 Å². The van der Waals surface area contributed by atoms with Crippen molar-refractivity contribution in [2.75, 3.05) is 0 Å². The van der Waals surface area contributed by atoms with E-state index < -0.39 is 13.8 Å². The monoisotopic (exact) mass is 274 g/mol. The Hall–Kier alpha value is -1.20. The summed E-state index contributed by atoms with van der Waals surface area (Å²) < 4.78 is 14.0. The zero-order valence-electron chi connectivity index (χ0n) is 9.91. The number of unbranched alkanes of at least 4 members (excludes halogenated alkanes) is 1. The van der Waals surface area contributed by atoms with E-state index in [2.05, 4.69) is 16.5 Å². The molecule has 1 rings (SSSR count). The maximum absolute atomic E-state index is 11.3. The molecule has 100 valence electrons. The van der Waals surface area contributed by atoms with Crippen LogP contribution in [0.4, 0.5) is 0 Å². The fraction of sp³-hybridized carbons (Fsp3) is 0.364. The fourth-order valence-electron chi connectivity index (χ4n) is 1.32. The Kier molecular flexibility index (Phi) is 5.50. The van der Waals surface area contributed by atoms with Gasteiger partial charge in [0.2, 0.25) is 0 Å². The van der Waals surface area contributed by atoms with Crippen molar-refractivity contribution in [1.82, 2.24) is 0 Å². The second kappa shape index (κ2) is 6.66. The van der Waals surface area contributed by atoms with Crippen LogP contribution in [0.25, 0.3) is 0 Å². The molecule has 0 saturated carbocycles. The maximum atomic E-state index is 11.3. The van der Waals surface area contributed by atoms with Crippen molar-refractivity contribution in [2.24, 2.45) is 0 Å². The molecule has 0 aromatic heterocycles. The van der Waals surface area contributed by atoms with Crippen LogP contribution in [0, 0.1) is 0 Å². The molecule has 0 aliphatic carbocycles. The minimum Gasteiger partial charge on any atom is -0.301 e. The van der Waals surface area contributed by atoms with Crippen LogP contribution < -0.4 is 0 Å². The van der Waals surface area contributed by atoms with Crippen LogP contribution in [-0.4, -0.2) is 15.8 Å². The van der Waals surface area contributed by atoms with Gasteiger partial charge in [-0.2, -0.15) is 0 Å². The van der Waals surface area contributed by atoms with Crippen LogP contribution in [-0.2, 0) is 20.5 Å². The molecule has 0 amide bonds. The van der Waals surface area contributed by atoms with Crippen LogP contribution in [0.15, 0.2) is 24.3 Å². The SMILES string of the molecule is CCCCc1ccc(C(=O)OOP(=O)(O)O)cc1. The summed E-state index contributed by atoms with van der Waals surface area (Å²) in [7, 11) is -4.81. The Morgan fingerprint density at radius 1 is 1.28 bits per heavy atom. The van der Waals surface area contributed by atoms with Crippen molar-refractivity contribution in [3.63, 3.8) is 0 Å². The van der Waals surface area contributed by atoms with Crippen LogP contribution in [0.1, 0.15) is 35.7 Å². The predicted octanol–water partition coefficient (Wildman–Crippen LogP) is 2.21. The number of hydrogen-bond acceptors (Lipinski definition) is 4. The standard InChI is InChI=1S/C11H15O6P/c1-2-3-4-9-5-7-10(8-6-9)11(12)16-17-18(13,14)15/h5-8H,2-4H2,1H3,(H2,13,14,15). The van der Waals surface area contributed by atoms with Gasteiger partial charge in [0.25, 0.3) is 0 Å². The minimum atomic E-state index is -4.81. The van der Waals surface area contributed by atoms with Gasteiger partial charge in [-0.25, -0.2) is 9.36 Å². The number of hydrogen-bond donors (Lipinski definition) is 2. The zero-order chi connectivity index (χ0) is 13.6. The first-order valence-electron chi connectivity index (χ1n) is 5.47. The van der Waals surface area contributed by atoms with Gasteiger partial charge in [-0.15, -0.1) is 0 Å². The third-order valence-corrected chi connectivity index (χ3v) is 2.49. The molecule has 0 aliphatic rings. The minimum absolute atomic E-state index is 0.170. The molecule has 0 unspecified atom stereocenters. The number of benzene rings is 1. The van der Waals surface area contributed by atoms with E-state index in [0.717, 1.165) is 24.8 Å². The molecular weight excluding hydrogens is 259 g/mol. The molecule has 0 fully saturated rings. The average Bonchev–Trinajstić information content (AvgIpc) is 2.33. The second-order valence-electron chi connectivity index (χ2n) is 3.74. The lowest BCUT2D eigenvalue weighted by atomic mass is 10.1. The predicted molar refractivity (Wildman–Crippen MR) is 63.6 cm³/mol. The average molecular weight is 274 g/mol. The van der Waals surface area contributed by atoms with E-state index in [0.29, 0.717) is 0 Å². The first kappa shape index (κ1) is 14.9. The number of carbonyl (C=O) groups is 1. The Labute approximate surface area is 105 Å². The Morgan fingerprint density at radius 3 is 2.39 bits per heavy atom. The normalized spacial score (nSPS) is 11.3. The molecule has 2 N–H and O–H groups in total. The van der Waals surface area contributed by atoms with Gasteiger partial charge in [0.05, 0.1) is 5.56 Å². The quantitative estimate of drug-likeness (QED) is 0.469. The van der Waals surface area contributed by atoms with E-state index in [1.165, 1.54) is 12.1 Å². The number of phosphoric acid groups is 1. The van der Waals surface area contributed by atoms with Crippen molar-refractivity contribution in [1.29, 1.82) is 0 Å². The van der Waals surface area contributed by atoms with E-state index in [9.17, 15) is 9.36 Å². The van der Waals surface area contributed by atoms with Gasteiger partial charge < -0.3 is 9.79 Å². The fourth-order valence-corrected chi connectivity index (χ4v) is 1.48. The molecule has 0 heterocycles. The third-order valence-electron chi connectivity index (χ3n) is 2.22. The van der Waals surface area contributed by atoms with Gasteiger partial charge in [-0.1, -0.05) is 30.2 Å². The van der Waals surface area contributed by atoms with E-state index >= 15 is 0 Å². The molecule has 1 aromatic rings. The molecule has 0 atom stereocenters. The lowest BCUT2D eigenvalue weighted by Crippen LogP contribution is -2.05. The Morgan fingerprint density at radius 2 is 1.89 bits per heavy atom. The number of aryl methyl sites for hydroxylation is 1. The lowest BCUT2D eigenvalue weighted by Gasteiger charge is -2.05. The summed E-state index contributed by atoms with van der Waals surface area (Å²) in [6, 6.07) is 6.58. The highest BCUT2D eigenvalue weighted by molar-refractivity contribution is 7.46.